The van der Waals surface area contributed by atoms with E-state index in [1.54, 1.807) is 0 Å². The van der Waals surface area contributed by atoms with Crippen LogP contribution in [0.4, 0.5) is 39.8 Å². The van der Waals surface area contributed by atoms with Crippen molar-refractivity contribution in [1.29, 1.82) is 0 Å². The van der Waals surface area contributed by atoms with Crippen molar-refractivity contribution in [3.63, 3.8) is 0 Å². The first-order valence-corrected chi connectivity index (χ1v) is 36.2. The maximum atomic E-state index is 14.6. The Labute approximate surface area is 634 Å². The van der Waals surface area contributed by atoms with E-state index in [4.69, 9.17) is 45.9 Å². The highest BCUT2D eigenvalue weighted by molar-refractivity contribution is 7.00. The second-order valence-corrected chi connectivity index (χ2v) is 27.1. The zero-order chi connectivity index (χ0) is 73.6. The molecule has 0 unspecified atom stereocenters. The largest absolute Gasteiger partial charge is 0.457 e. The number of anilines is 6. The molecule has 0 spiro atoms. The summed E-state index contributed by atoms with van der Waals surface area (Å²) in [6, 6.07) is 115. The molecule has 0 amide bonds. The highest BCUT2D eigenvalue weighted by Crippen LogP contribution is 2.48. The van der Waals surface area contributed by atoms with Crippen LogP contribution in [0.1, 0.15) is 31.8 Å². The molecule has 14 nitrogen and oxygen atoms in total. The van der Waals surface area contributed by atoms with Gasteiger partial charge in [-0.15, -0.1) is 0 Å². The number of benzene rings is 14. The van der Waals surface area contributed by atoms with E-state index in [0.717, 1.165) is 128 Å². The molecule has 2 aliphatic heterocycles. The van der Waals surface area contributed by atoms with E-state index in [2.05, 4.69) is 92.0 Å². The van der Waals surface area contributed by atoms with E-state index < -0.39 is 18.7 Å². The summed E-state index contributed by atoms with van der Waals surface area (Å²) in [5.74, 6) is 1.95. The maximum absolute atomic E-state index is 14.6. The molecular formula is C95H61BN10O4. The van der Waals surface area contributed by atoms with Gasteiger partial charge in [-0.2, -0.15) is 0 Å². The minimum atomic E-state index is -0.533. The lowest BCUT2D eigenvalue weighted by Crippen LogP contribution is -2.61. The quantitative estimate of drug-likeness (QED) is 0.0515. The summed E-state index contributed by atoms with van der Waals surface area (Å²) in [4.78, 5) is 68.9. The summed E-state index contributed by atoms with van der Waals surface area (Å²) in [5, 5.41) is 1.85. The second-order valence-electron chi connectivity index (χ2n) is 27.1. The van der Waals surface area contributed by atoms with Crippen LogP contribution in [0.3, 0.4) is 0 Å². The fourth-order valence-corrected chi connectivity index (χ4v) is 15.2. The van der Waals surface area contributed by atoms with Gasteiger partial charge in [0.25, 0.3) is 6.71 Å². The van der Waals surface area contributed by atoms with Crippen LogP contribution in [0, 0.1) is 6.57 Å². The normalized spacial score (nSPS) is 11.9. The Kier molecular flexibility index (Phi) is 16.8. The van der Waals surface area contributed by atoms with Crippen LogP contribution < -0.4 is 26.2 Å². The molecule has 19 rings (SSSR count). The number of para-hydroxylation sites is 2. The lowest BCUT2D eigenvalue weighted by atomic mass is 9.33. The number of hydrogen-bond donors (Lipinski definition) is 0. The molecule has 14 aromatic carbocycles. The minimum absolute atomic E-state index is 0.0963. The molecule has 0 N–H and O–H groups in total. The van der Waals surface area contributed by atoms with Crippen molar-refractivity contribution < 1.29 is 19.1 Å². The van der Waals surface area contributed by atoms with E-state index in [0.29, 0.717) is 57.3 Å². The predicted octanol–water partition coefficient (Wildman–Crippen LogP) is 20.2. The molecule has 0 radical (unpaired) electrons. The molecule has 0 saturated carbocycles. The van der Waals surface area contributed by atoms with E-state index >= 15 is 0 Å². The molecule has 110 heavy (non-hydrogen) atoms. The molecule has 0 saturated heterocycles. The van der Waals surface area contributed by atoms with Gasteiger partial charge in [0.1, 0.15) is 13.2 Å². The van der Waals surface area contributed by atoms with Gasteiger partial charge in [-0.05, 0) is 130 Å². The van der Waals surface area contributed by atoms with Crippen molar-refractivity contribution in [1.82, 2.24) is 34.5 Å². The standard InChI is InChI=1S/C95H61BN10O4/c1-97-72-46-51-81(77(58-72)93-102-90(65-34-18-6-19-35-65)99-91(103-93)66-36-20-7-21-37-66)106-80-48-43-67(52-76(80)75-47-42-68(55-84(75)106)92-100-88(63-30-14-4-15-31-63)98-89(101-92)64-32-16-5-17-33-64)71-56-85-87-86(57-71)105(74-40-24-9-25-41-74)83-50-45-70(95(108)110-60-62-28-12-3-13-29-62)54-79(83)96(87)78-53-69(94(107)109-59-61-26-10-2-11-27-61)44-49-82(78)104(85)73-38-22-8-23-39-73/h2-58H,59-60H2. The van der Waals surface area contributed by atoms with Gasteiger partial charge in [0.2, 0.25) is 0 Å². The van der Waals surface area contributed by atoms with Crippen LogP contribution in [0.25, 0.3) is 112 Å². The molecule has 0 atom stereocenters. The first-order chi connectivity index (χ1) is 54.3. The van der Waals surface area contributed by atoms with Crippen LogP contribution in [-0.4, -0.2) is 53.1 Å². The van der Waals surface area contributed by atoms with Gasteiger partial charge in [0.05, 0.1) is 34.4 Å². The van der Waals surface area contributed by atoms with Crippen LogP contribution in [0.15, 0.2) is 346 Å². The Morgan fingerprint density at radius 1 is 0.327 bits per heavy atom. The summed E-state index contributed by atoms with van der Waals surface area (Å²) in [7, 11) is 0. The smallest absolute Gasteiger partial charge is 0.338 e. The molecule has 0 fully saturated rings. The molecule has 3 aromatic heterocycles. The zero-order valence-electron chi connectivity index (χ0n) is 59.0. The van der Waals surface area contributed by atoms with Crippen molar-refractivity contribution >= 4 is 96.7 Å². The summed E-state index contributed by atoms with van der Waals surface area (Å²) in [6.07, 6.45) is 0. The number of fused-ring (bicyclic) bond motifs is 7. The van der Waals surface area contributed by atoms with Crippen molar-refractivity contribution in [2.75, 3.05) is 9.80 Å². The first kappa shape index (κ1) is 65.7. The van der Waals surface area contributed by atoms with E-state index in [-0.39, 0.29) is 13.2 Å². The summed E-state index contributed by atoms with van der Waals surface area (Å²) in [5.41, 5.74) is 19.7. The van der Waals surface area contributed by atoms with Gasteiger partial charge < -0.3 is 23.8 Å². The van der Waals surface area contributed by atoms with Gasteiger partial charge in [-0.25, -0.2) is 44.3 Å². The SMILES string of the molecule is [C-]#[N+]c1ccc(-n2c3ccc(-c4cc5c6c(c4)N(c4ccccc4)c4ccc(C(=O)OCc7ccccc7)cc4B6c4cc(C(=O)OCc6ccccc6)ccc4N5c4ccccc4)cc3c3ccc(-c4nc(-c5ccccc5)nc(-c5ccccc5)n4)cc32)c(-c2nc(-c3ccccc3)nc(-c3ccccc3)n2)c1. The van der Waals surface area contributed by atoms with E-state index in [1.807, 2.05) is 273 Å². The van der Waals surface area contributed by atoms with Crippen molar-refractivity contribution in [3.05, 3.63) is 379 Å². The highest BCUT2D eigenvalue weighted by atomic mass is 16.5. The second kappa shape index (κ2) is 28.1. The number of aromatic nitrogens is 7. The average molecular weight is 1420 g/mol. The number of hydrogen-bond acceptors (Lipinski definition) is 12. The maximum Gasteiger partial charge on any atom is 0.338 e. The van der Waals surface area contributed by atoms with Gasteiger partial charge in [0, 0.05) is 78.3 Å². The molecule has 2 aliphatic rings. The third-order valence-electron chi connectivity index (χ3n) is 20.3. The Balaban J connectivity index is 0.845. The summed E-state index contributed by atoms with van der Waals surface area (Å²) in [6.45, 7) is 8.14. The fraction of sp³-hybridized carbons (Fsp3) is 0.0211. The molecule has 17 aromatic rings. The first-order valence-electron chi connectivity index (χ1n) is 36.2. The lowest BCUT2D eigenvalue weighted by Gasteiger charge is -2.44. The number of rotatable bonds is 16. The van der Waals surface area contributed by atoms with Crippen molar-refractivity contribution in [2.24, 2.45) is 0 Å². The van der Waals surface area contributed by atoms with Crippen LogP contribution in [0.2, 0.25) is 0 Å². The molecule has 0 bridgehead atoms. The predicted molar refractivity (Wildman–Crippen MR) is 437 cm³/mol. The van der Waals surface area contributed by atoms with Gasteiger partial charge in [0.15, 0.2) is 40.6 Å². The number of esters is 2. The molecular weight excluding hydrogens is 1360 g/mol. The van der Waals surface area contributed by atoms with E-state index in [9.17, 15) is 9.59 Å². The Bertz CT molecular complexity index is 6190. The number of carbonyl (C=O) groups excluding carboxylic acids is 2. The van der Waals surface area contributed by atoms with Gasteiger partial charge in [-0.1, -0.05) is 255 Å². The molecule has 518 valence electrons. The zero-order valence-corrected chi connectivity index (χ0v) is 59.0. The third kappa shape index (κ3) is 12.2. The topological polar surface area (TPSA) is 146 Å². The van der Waals surface area contributed by atoms with Crippen molar-refractivity contribution in [2.45, 2.75) is 13.2 Å². The molecule has 0 aliphatic carbocycles. The van der Waals surface area contributed by atoms with Gasteiger partial charge in [-0.3, -0.25) is 0 Å². The van der Waals surface area contributed by atoms with Crippen LogP contribution in [0.5, 0.6) is 0 Å². The lowest BCUT2D eigenvalue weighted by molar-refractivity contribution is 0.0464. The Morgan fingerprint density at radius 3 is 1.17 bits per heavy atom. The number of nitrogens with zero attached hydrogens (tertiary/aromatic N) is 10. The third-order valence-corrected chi connectivity index (χ3v) is 20.3. The molecule has 15 heteroatoms. The number of ether oxygens (including phenoxy) is 2. The Hall–Kier alpha value is -15.0. The van der Waals surface area contributed by atoms with Crippen molar-refractivity contribution in [3.8, 4) is 85.1 Å². The monoisotopic (exact) mass is 1420 g/mol. The van der Waals surface area contributed by atoms with E-state index in [1.165, 1.54) is 0 Å². The average Bonchev–Trinajstić information content (AvgIpc) is 0.779. The van der Waals surface area contributed by atoms with Crippen LogP contribution in [-0.2, 0) is 22.7 Å². The molecule has 5 heterocycles. The summed E-state index contributed by atoms with van der Waals surface area (Å²) >= 11 is 0. The van der Waals surface area contributed by atoms with Crippen LogP contribution >= 0.6 is 0 Å². The highest BCUT2D eigenvalue weighted by Gasteiger charge is 2.45. The fourth-order valence-electron chi connectivity index (χ4n) is 15.2. The Morgan fingerprint density at radius 2 is 0.727 bits per heavy atom. The van der Waals surface area contributed by atoms with Gasteiger partial charge >= 0.3 is 11.9 Å². The number of carbonyl (C=O) groups is 2. The summed E-state index contributed by atoms with van der Waals surface area (Å²) < 4.78 is 14.4. The minimum Gasteiger partial charge on any atom is -0.457 e.